The number of anilines is 1. The van der Waals surface area contributed by atoms with Crippen LogP contribution < -0.4 is 5.73 Å². The molecule has 2 aromatic carbocycles. The molecule has 1 aromatic heterocycles. The number of halogens is 2. The number of hydrogen-bond donors (Lipinski definition) is 1. The van der Waals surface area contributed by atoms with E-state index in [1.54, 1.807) is 18.2 Å². The number of rotatable bonds is 3. The number of aromatic nitrogens is 2. The Morgan fingerprint density at radius 2 is 2.05 bits per heavy atom. The fraction of sp³-hybridized carbons (Fsp3) is 0.188. The normalized spacial score (nSPS) is 11.2. The van der Waals surface area contributed by atoms with Gasteiger partial charge in [-0.25, -0.2) is 9.37 Å². The average molecular weight is 304 g/mol. The number of nitrogens with two attached hydrogens (primary N) is 1. The number of imidazole rings is 1. The average Bonchev–Trinajstić information content (AvgIpc) is 2.79. The molecule has 0 spiro atoms. The van der Waals surface area contributed by atoms with Crippen molar-refractivity contribution in [3.8, 4) is 5.69 Å². The number of aryl methyl sites for hydroxylation is 1. The molecule has 0 amide bonds. The second-order valence-corrected chi connectivity index (χ2v) is 5.39. The molecule has 0 unspecified atom stereocenters. The summed E-state index contributed by atoms with van der Waals surface area (Å²) in [4.78, 5) is 4.58. The molecule has 0 saturated heterocycles. The Balaban J connectivity index is 2.33. The summed E-state index contributed by atoms with van der Waals surface area (Å²) >= 11 is 6.02. The summed E-state index contributed by atoms with van der Waals surface area (Å²) in [6.45, 7) is 2.06. The lowest BCUT2D eigenvalue weighted by Gasteiger charge is -2.10. The lowest BCUT2D eigenvalue weighted by atomic mass is 10.2. The van der Waals surface area contributed by atoms with Crippen LogP contribution >= 0.6 is 11.6 Å². The van der Waals surface area contributed by atoms with Gasteiger partial charge in [-0.2, -0.15) is 0 Å². The highest BCUT2D eigenvalue weighted by molar-refractivity contribution is 6.30. The number of hydrogen-bond acceptors (Lipinski definition) is 2. The first-order valence-electron chi connectivity index (χ1n) is 6.82. The van der Waals surface area contributed by atoms with Crippen molar-refractivity contribution >= 4 is 28.3 Å². The quantitative estimate of drug-likeness (QED) is 0.731. The van der Waals surface area contributed by atoms with Gasteiger partial charge in [-0.05, 0) is 42.8 Å². The van der Waals surface area contributed by atoms with E-state index < -0.39 is 0 Å². The third-order valence-corrected chi connectivity index (χ3v) is 3.61. The van der Waals surface area contributed by atoms with Crippen molar-refractivity contribution in [2.75, 3.05) is 5.73 Å². The van der Waals surface area contributed by atoms with Gasteiger partial charge in [0.2, 0.25) is 0 Å². The van der Waals surface area contributed by atoms with Crippen molar-refractivity contribution in [3.63, 3.8) is 0 Å². The minimum absolute atomic E-state index is 0.326. The van der Waals surface area contributed by atoms with Crippen LogP contribution in [0.5, 0.6) is 0 Å². The number of nitrogens with zero attached hydrogens (tertiary/aromatic N) is 2. The van der Waals surface area contributed by atoms with Gasteiger partial charge in [0.15, 0.2) is 0 Å². The summed E-state index contributed by atoms with van der Waals surface area (Å²) in [7, 11) is 0. The van der Waals surface area contributed by atoms with Crippen molar-refractivity contribution in [1.82, 2.24) is 9.55 Å². The second-order valence-electron chi connectivity index (χ2n) is 4.96. The van der Waals surface area contributed by atoms with Gasteiger partial charge in [0.25, 0.3) is 0 Å². The number of fused-ring (bicyclic) bond motifs is 1. The van der Waals surface area contributed by atoms with Crippen molar-refractivity contribution in [2.24, 2.45) is 0 Å². The summed E-state index contributed by atoms with van der Waals surface area (Å²) in [6.07, 6.45) is 1.67. The van der Waals surface area contributed by atoms with Crippen LogP contribution in [0.15, 0.2) is 36.4 Å². The van der Waals surface area contributed by atoms with E-state index >= 15 is 0 Å². The topological polar surface area (TPSA) is 43.8 Å². The van der Waals surface area contributed by atoms with Gasteiger partial charge >= 0.3 is 0 Å². The molecular weight excluding hydrogens is 289 g/mol. The summed E-state index contributed by atoms with van der Waals surface area (Å²) in [5.74, 6) is 0.479. The molecule has 0 bridgehead atoms. The molecule has 0 aliphatic rings. The smallest absolute Gasteiger partial charge is 0.147 e. The van der Waals surface area contributed by atoms with Crippen LogP contribution in [0.1, 0.15) is 19.2 Å². The van der Waals surface area contributed by atoms with E-state index in [4.69, 9.17) is 17.3 Å². The minimum atomic E-state index is -0.326. The number of benzene rings is 2. The third kappa shape index (κ3) is 2.47. The Hall–Kier alpha value is -2.07. The van der Waals surface area contributed by atoms with Crippen LogP contribution in [-0.4, -0.2) is 9.55 Å². The van der Waals surface area contributed by atoms with Gasteiger partial charge in [0, 0.05) is 17.1 Å². The highest BCUT2D eigenvalue weighted by Crippen LogP contribution is 2.27. The summed E-state index contributed by atoms with van der Waals surface area (Å²) in [5, 5.41) is 0.492. The Morgan fingerprint density at radius 1 is 1.24 bits per heavy atom. The Morgan fingerprint density at radius 3 is 2.81 bits per heavy atom. The van der Waals surface area contributed by atoms with E-state index in [9.17, 15) is 4.39 Å². The number of nitrogen functional groups attached to an aromatic ring is 1. The van der Waals surface area contributed by atoms with E-state index in [-0.39, 0.29) is 5.82 Å². The predicted molar refractivity (Wildman–Crippen MR) is 84.4 cm³/mol. The van der Waals surface area contributed by atoms with Crippen molar-refractivity contribution in [3.05, 3.63) is 53.1 Å². The second kappa shape index (κ2) is 5.37. The van der Waals surface area contributed by atoms with Gasteiger partial charge in [-0.15, -0.1) is 0 Å². The van der Waals surface area contributed by atoms with Gasteiger partial charge in [-0.1, -0.05) is 18.5 Å². The minimum Gasteiger partial charge on any atom is -0.399 e. The molecule has 3 rings (SSSR count). The molecule has 0 aliphatic heterocycles. The molecule has 1 heterocycles. The molecule has 21 heavy (non-hydrogen) atoms. The maximum absolute atomic E-state index is 14.2. The summed E-state index contributed by atoms with van der Waals surface area (Å²) in [6, 6.07) is 9.98. The van der Waals surface area contributed by atoms with E-state index in [2.05, 4.69) is 11.9 Å². The fourth-order valence-electron chi connectivity index (χ4n) is 2.46. The van der Waals surface area contributed by atoms with Gasteiger partial charge in [-0.3, -0.25) is 4.57 Å². The van der Waals surface area contributed by atoms with Gasteiger partial charge in [0.05, 0.1) is 16.7 Å². The molecule has 0 fully saturated rings. The monoisotopic (exact) mass is 303 g/mol. The molecule has 0 radical (unpaired) electrons. The van der Waals surface area contributed by atoms with Crippen LogP contribution in [0, 0.1) is 5.82 Å². The molecule has 2 N–H and O–H groups in total. The molecule has 0 atom stereocenters. The zero-order chi connectivity index (χ0) is 15.0. The lowest BCUT2D eigenvalue weighted by Crippen LogP contribution is -2.03. The summed E-state index contributed by atoms with van der Waals surface area (Å²) in [5.41, 5.74) is 8.45. The molecule has 5 heteroatoms. The predicted octanol–water partition coefficient (Wildman–Crippen LogP) is 4.35. The Labute approximate surface area is 127 Å². The first kappa shape index (κ1) is 13.9. The lowest BCUT2D eigenvalue weighted by molar-refractivity contribution is 0.616. The van der Waals surface area contributed by atoms with Gasteiger partial charge in [0.1, 0.15) is 11.6 Å². The van der Waals surface area contributed by atoms with Crippen LogP contribution in [-0.2, 0) is 6.42 Å². The molecule has 0 aliphatic carbocycles. The van der Waals surface area contributed by atoms with Crippen molar-refractivity contribution in [2.45, 2.75) is 19.8 Å². The zero-order valence-corrected chi connectivity index (χ0v) is 12.4. The maximum Gasteiger partial charge on any atom is 0.147 e. The van der Waals surface area contributed by atoms with Crippen molar-refractivity contribution < 1.29 is 4.39 Å². The molecule has 108 valence electrons. The molecule has 0 saturated carbocycles. The first-order chi connectivity index (χ1) is 10.1. The van der Waals surface area contributed by atoms with E-state index in [0.717, 1.165) is 29.7 Å². The van der Waals surface area contributed by atoms with Crippen molar-refractivity contribution in [1.29, 1.82) is 0 Å². The summed E-state index contributed by atoms with van der Waals surface area (Å²) < 4.78 is 16.0. The Bertz CT molecular complexity index is 811. The largest absolute Gasteiger partial charge is 0.399 e. The molecule has 3 nitrogen and oxygen atoms in total. The molecular formula is C16H15ClFN3. The first-order valence-corrected chi connectivity index (χ1v) is 7.20. The van der Waals surface area contributed by atoms with Crippen LogP contribution in [0.3, 0.4) is 0 Å². The standard InChI is InChI=1S/C16H15ClFN3/c1-2-3-16-20-13-9-11(19)5-7-14(13)21(16)15-8-10(17)4-6-12(15)18/h4-9H,2-3,19H2,1H3. The van der Waals surface area contributed by atoms with E-state index in [1.165, 1.54) is 12.1 Å². The van der Waals surface area contributed by atoms with Gasteiger partial charge < -0.3 is 5.73 Å². The highest BCUT2D eigenvalue weighted by Gasteiger charge is 2.15. The third-order valence-electron chi connectivity index (χ3n) is 3.37. The highest BCUT2D eigenvalue weighted by atomic mass is 35.5. The van der Waals surface area contributed by atoms with Crippen LogP contribution in [0.4, 0.5) is 10.1 Å². The van der Waals surface area contributed by atoms with E-state index in [0.29, 0.717) is 16.4 Å². The van der Waals surface area contributed by atoms with Crippen LogP contribution in [0.2, 0.25) is 5.02 Å². The van der Waals surface area contributed by atoms with E-state index in [1.807, 2.05) is 10.6 Å². The van der Waals surface area contributed by atoms with Crippen LogP contribution in [0.25, 0.3) is 16.7 Å². The maximum atomic E-state index is 14.2. The SMILES string of the molecule is CCCc1nc2cc(N)ccc2n1-c1cc(Cl)ccc1F. The molecule has 3 aromatic rings. The zero-order valence-electron chi connectivity index (χ0n) is 11.6. The Kier molecular flexibility index (Phi) is 3.55. The fourth-order valence-corrected chi connectivity index (χ4v) is 2.63.